The number of carbonyl (C=O) groups excluding carboxylic acids is 1. The van der Waals surface area contributed by atoms with Gasteiger partial charge in [-0.05, 0) is 30.4 Å². The number of nitrogens with zero attached hydrogens (tertiary/aromatic N) is 4. The molecule has 3 heterocycles. The summed E-state index contributed by atoms with van der Waals surface area (Å²) in [6.07, 6.45) is 8.77. The lowest BCUT2D eigenvalue weighted by Gasteiger charge is -2.24. The highest BCUT2D eigenvalue weighted by molar-refractivity contribution is 5.95. The molecule has 1 aliphatic carbocycles. The molecule has 1 fully saturated rings. The summed E-state index contributed by atoms with van der Waals surface area (Å²) in [6, 6.07) is 14.1. The molecule has 3 aromatic rings. The maximum Gasteiger partial charge on any atom is 0.255 e. The zero-order valence-electron chi connectivity index (χ0n) is 17.1. The van der Waals surface area contributed by atoms with E-state index >= 15 is 0 Å². The van der Waals surface area contributed by atoms with E-state index in [1.807, 2.05) is 41.1 Å². The Hall–Kier alpha value is -2.99. The van der Waals surface area contributed by atoms with Crippen LogP contribution in [0.5, 0.6) is 0 Å². The highest BCUT2D eigenvalue weighted by Crippen LogP contribution is 2.29. The highest BCUT2D eigenvalue weighted by Gasteiger charge is 2.28. The fourth-order valence-corrected chi connectivity index (χ4v) is 4.71. The van der Waals surface area contributed by atoms with Crippen molar-refractivity contribution in [3.05, 3.63) is 77.2 Å². The molecule has 1 aliphatic heterocycles. The molecule has 1 aromatic carbocycles. The predicted octanol–water partition coefficient (Wildman–Crippen LogP) is 3.70. The molecule has 0 bridgehead atoms. The molecule has 2 aromatic heterocycles. The van der Waals surface area contributed by atoms with E-state index in [4.69, 9.17) is 0 Å². The zero-order valence-corrected chi connectivity index (χ0v) is 17.1. The van der Waals surface area contributed by atoms with Gasteiger partial charge in [-0.3, -0.25) is 9.69 Å². The summed E-state index contributed by atoms with van der Waals surface area (Å²) in [5.41, 5.74) is 3.81. The zero-order chi connectivity index (χ0) is 20.3. The van der Waals surface area contributed by atoms with Crippen LogP contribution >= 0.6 is 0 Å². The molecule has 1 saturated carbocycles. The standard InChI is InChI=1S/C24H27N5O/c30-24(26-13-18-7-2-1-3-8-18)21-14-27-29-22(21)17-28(15-19-9-4-5-10-19)16-20-11-6-12-25-23(20)29/h1-3,6-8,11-12,14,19H,4-5,9-10,13,15-17H2,(H,26,30). The number of rotatable bonds is 5. The summed E-state index contributed by atoms with van der Waals surface area (Å²) in [7, 11) is 0. The van der Waals surface area contributed by atoms with Crippen molar-refractivity contribution in [2.24, 2.45) is 5.92 Å². The van der Waals surface area contributed by atoms with Crippen LogP contribution in [0, 0.1) is 5.92 Å². The van der Waals surface area contributed by atoms with Crippen molar-refractivity contribution < 1.29 is 4.79 Å². The molecular weight excluding hydrogens is 374 g/mol. The average Bonchev–Trinajstić information content (AvgIpc) is 3.40. The van der Waals surface area contributed by atoms with Crippen LogP contribution in [-0.2, 0) is 19.6 Å². The van der Waals surface area contributed by atoms with Gasteiger partial charge in [0.05, 0.1) is 17.5 Å². The summed E-state index contributed by atoms with van der Waals surface area (Å²) in [5.74, 6) is 1.50. The first-order chi connectivity index (χ1) is 14.8. The maximum atomic E-state index is 13.0. The Balaban J connectivity index is 1.42. The molecule has 6 nitrogen and oxygen atoms in total. The molecule has 0 spiro atoms. The van der Waals surface area contributed by atoms with Gasteiger partial charge in [-0.2, -0.15) is 5.10 Å². The number of amides is 1. The number of aromatic nitrogens is 3. The van der Waals surface area contributed by atoms with Crippen LogP contribution in [0.2, 0.25) is 0 Å². The first-order valence-electron chi connectivity index (χ1n) is 10.8. The van der Waals surface area contributed by atoms with E-state index in [-0.39, 0.29) is 5.91 Å². The number of benzene rings is 1. The third-order valence-corrected chi connectivity index (χ3v) is 6.24. The first kappa shape index (κ1) is 19.0. The van der Waals surface area contributed by atoms with E-state index in [0.29, 0.717) is 18.7 Å². The van der Waals surface area contributed by atoms with Crippen molar-refractivity contribution in [3.8, 4) is 5.82 Å². The second-order valence-electron chi connectivity index (χ2n) is 8.39. The van der Waals surface area contributed by atoms with Crippen LogP contribution in [0.25, 0.3) is 5.82 Å². The average molecular weight is 402 g/mol. The van der Waals surface area contributed by atoms with Crippen molar-refractivity contribution in [1.29, 1.82) is 0 Å². The topological polar surface area (TPSA) is 63.1 Å². The largest absolute Gasteiger partial charge is 0.348 e. The second-order valence-corrected chi connectivity index (χ2v) is 8.39. The number of hydrogen-bond donors (Lipinski definition) is 1. The van der Waals surface area contributed by atoms with Gasteiger partial charge >= 0.3 is 0 Å². The van der Waals surface area contributed by atoms with Crippen LogP contribution < -0.4 is 5.32 Å². The molecule has 0 atom stereocenters. The Bertz CT molecular complexity index is 1020. The monoisotopic (exact) mass is 401 g/mol. The minimum Gasteiger partial charge on any atom is -0.348 e. The minimum atomic E-state index is -0.0831. The predicted molar refractivity (Wildman–Crippen MR) is 115 cm³/mol. The van der Waals surface area contributed by atoms with Crippen LogP contribution in [0.15, 0.2) is 54.9 Å². The molecule has 154 valence electrons. The molecule has 30 heavy (non-hydrogen) atoms. The van der Waals surface area contributed by atoms with Crippen LogP contribution in [0.3, 0.4) is 0 Å². The maximum absolute atomic E-state index is 13.0. The normalized spacial score (nSPS) is 16.7. The fraction of sp³-hybridized carbons (Fsp3) is 0.375. The van der Waals surface area contributed by atoms with Crippen molar-refractivity contribution in [1.82, 2.24) is 25.0 Å². The van der Waals surface area contributed by atoms with Crippen molar-refractivity contribution in [2.45, 2.75) is 45.3 Å². The molecule has 0 saturated heterocycles. The number of nitrogens with one attached hydrogen (secondary N) is 1. The van der Waals surface area contributed by atoms with Crippen molar-refractivity contribution in [2.75, 3.05) is 6.54 Å². The van der Waals surface area contributed by atoms with Gasteiger partial charge in [0.1, 0.15) is 0 Å². The molecule has 2 aliphatic rings. The van der Waals surface area contributed by atoms with E-state index in [2.05, 4.69) is 26.4 Å². The summed E-state index contributed by atoms with van der Waals surface area (Å²) in [6.45, 7) is 3.12. The van der Waals surface area contributed by atoms with Gasteiger partial charge in [0.2, 0.25) is 0 Å². The Kier molecular flexibility index (Phi) is 5.32. The molecule has 1 amide bonds. The quantitative estimate of drug-likeness (QED) is 0.708. The van der Waals surface area contributed by atoms with Crippen LogP contribution in [0.1, 0.15) is 52.9 Å². The summed E-state index contributed by atoms with van der Waals surface area (Å²) < 4.78 is 1.86. The lowest BCUT2D eigenvalue weighted by atomic mass is 10.1. The van der Waals surface area contributed by atoms with Gasteiger partial charge in [0.15, 0.2) is 5.82 Å². The van der Waals surface area contributed by atoms with Crippen molar-refractivity contribution in [3.63, 3.8) is 0 Å². The third-order valence-electron chi connectivity index (χ3n) is 6.24. The van der Waals surface area contributed by atoms with Crippen LogP contribution in [-0.4, -0.2) is 32.1 Å². The SMILES string of the molecule is O=C(NCc1ccccc1)c1cnn2c1CN(CC1CCCC1)Cc1cccnc1-2. The molecule has 5 rings (SSSR count). The minimum absolute atomic E-state index is 0.0831. The molecule has 6 heteroatoms. The van der Waals surface area contributed by atoms with Gasteiger partial charge in [0.25, 0.3) is 5.91 Å². The Morgan fingerprint density at radius 2 is 1.90 bits per heavy atom. The summed E-state index contributed by atoms with van der Waals surface area (Å²) >= 11 is 0. The number of hydrogen-bond acceptors (Lipinski definition) is 4. The molecule has 1 N–H and O–H groups in total. The molecule has 0 radical (unpaired) electrons. The third kappa shape index (κ3) is 3.87. The summed E-state index contributed by atoms with van der Waals surface area (Å²) in [5, 5.41) is 7.62. The van der Waals surface area contributed by atoms with Gasteiger partial charge < -0.3 is 5.32 Å². The number of carbonyl (C=O) groups is 1. The number of fused-ring (bicyclic) bond motifs is 3. The summed E-state index contributed by atoms with van der Waals surface area (Å²) in [4.78, 5) is 20.1. The smallest absolute Gasteiger partial charge is 0.255 e. The van der Waals surface area contributed by atoms with E-state index in [0.717, 1.165) is 41.6 Å². The van der Waals surface area contributed by atoms with Gasteiger partial charge in [-0.15, -0.1) is 0 Å². The molecule has 0 unspecified atom stereocenters. The second kappa shape index (κ2) is 8.40. The highest BCUT2D eigenvalue weighted by atomic mass is 16.1. The Morgan fingerprint density at radius 1 is 1.07 bits per heavy atom. The Labute approximate surface area is 176 Å². The van der Waals surface area contributed by atoms with Crippen molar-refractivity contribution >= 4 is 5.91 Å². The van der Waals surface area contributed by atoms with E-state index < -0.39 is 0 Å². The lowest BCUT2D eigenvalue weighted by Crippen LogP contribution is -2.29. The first-order valence-corrected chi connectivity index (χ1v) is 10.8. The van der Waals surface area contributed by atoms with E-state index in [1.165, 1.54) is 25.7 Å². The Morgan fingerprint density at radius 3 is 2.73 bits per heavy atom. The van der Waals surface area contributed by atoms with Crippen LogP contribution in [0.4, 0.5) is 0 Å². The van der Waals surface area contributed by atoms with E-state index in [1.54, 1.807) is 12.4 Å². The van der Waals surface area contributed by atoms with Gasteiger partial charge in [-0.25, -0.2) is 9.67 Å². The molecular formula is C24H27N5O. The van der Waals surface area contributed by atoms with Gasteiger partial charge in [0, 0.05) is 37.9 Å². The van der Waals surface area contributed by atoms with E-state index in [9.17, 15) is 4.79 Å². The lowest BCUT2D eigenvalue weighted by molar-refractivity contribution is 0.0948. The van der Waals surface area contributed by atoms with Gasteiger partial charge in [-0.1, -0.05) is 49.2 Å². The fourth-order valence-electron chi connectivity index (χ4n) is 4.71. The number of pyridine rings is 1.